The van der Waals surface area contributed by atoms with Gasteiger partial charge in [-0.05, 0) is 36.5 Å². The highest BCUT2D eigenvalue weighted by Gasteiger charge is 2.33. The summed E-state index contributed by atoms with van der Waals surface area (Å²) in [5.74, 6) is 1.67. The van der Waals surface area contributed by atoms with Crippen LogP contribution < -0.4 is 10.6 Å². The van der Waals surface area contributed by atoms with E-state index in [2.05, 4.69) is 18.9 Å². The van der Waals surface area contributed by atoms with Gasteiger partial charge in [-0.3, -0.25) is 0 Å². The van der Waals surface area contributed by atoms with Crippen LogP contribution in [0.2, 0.25) is 5.02 Å². The van der Waals surface area contributed by atoms with Crippen LogP contribution in [0, 0.1) is 11.8 Å². The number of anilines is 1. The smallest absolute Gasteiger partial charge is 0.104 e. The molecule has 0 heterocycles. The summed E-state index contributed by atoms with van der Waals surface area (Å²) in [6.45, 7) is 3.35. The summed E-state index contributed by atoms with van der Waals surface area (Å²) in [6, 6.07) is 5.76. The summed E-state index contributed by atoms with van der Waals surface area (Å²) < 4.78 is 0. The molecule has 0 radical (unpaired) electrons. The lowest BCUT2D eigenvalue weighted by atomic mass is 10.2. The molecule has 2 nitrogen and oxygen atoms in total. The summed E-state index contributed by atoms with van der Waals surface area (Å²) in [6.07, 6.45) is 1.33. The monoisotopic (exact) mass is 268 g/mol. The van der Waals surface area contributed by atoms with Crippen molar-refractivity contribution in [2.75, 3.05) is 18.5 Å². The van der Waals surface area contributed by atoms with Crippen molar-refractivity contribution in [3.63, 3.8) is 0 Å². The minimum Gasteiger partial charge on any atom is -0.389 e. The van der Waals surface area contributed by atoms with E-state index in [1.807, 2.05) is 18.2 Å². The molecule has 1 aliphatic rings. The van der Waals surface area contributed by atoms with E-state index in [0.29, 0.717) is 10.0 Å². The van der Waals surface area contributed by atoms with Gasteiger partial charge in [0.2, 0.25) is 0 Å². The Bertz CT molecular complexity index is 447. The second-order valence-electron chi connectivity index (χ2n) is 4.88. The third-order valence-electron chi connectivity index (χ3n) is 3.43. The molecule has 1 saturated carbocycles. The van der Waals surface area contributed by atoms with Gasteiger partial charge in [0.05, 0.1) is 10.7 Å². The number of halogens is 1. The van der Waals surface area contributed by atoms with Crippen molar-refractivity contribution in [2.24, 2.45) is 17.6 Å². The van der Waals surface area contributed by atoms with E-state index >= 15 is 0 Å². The summed E-state index contributed by atoms with van der Waals surface area (Å²) in [5.41, 5.74) is 7.45. The highest BCUT2D eigenvalue weighted by Crippen LogP contribution is 2.39. The van der Waals surface area contributed by atoms with Gasteiger partial charge >= 0.3 is 0 Å². The number of thiocarbonyl (C=S) groups is 1. The van der Waals surface area contributed by atoms with Crippen LogP contribution in [-0.4, -0.2) is 18.6 Å². The fraction of sp³-hybridized carbons (Fsp3) is 0.462. The first-order chi connectivity index (χ1) is 7.99. The van der Waals surface area contributed by atoms with Gasteiger partial charge in [0.1, 0.15) is 4.99 Å². The second-order valence-corrected chi connectivity index (χ2v) is 5.73. The molecule has 2 N–H and O–H groups in total. The zero-order chi connectivity index (χ0) is 12.6. The van der Waals surface area contributed by atoms with Gasteiger partial charge in [0.25, 0.3) is 0 Å². The van der Waals surface area contributed by atoms with Crippen molar-refractivity contribution in [3.8, 4) is 0 Å². The first-order valence-corrected chi connectivity index (χ1v) is 6.58. The van der Waals surface area contributed by atoms with Crippen molar-refractivity contribution >= 4 is 34.5 Å². The van der Waals surface area contributed by atoms with Gasteiger partial charge in [0.15, 0.2) is 0 Å². The van der Waals surface area contributed by atoms with E-state index in [4.69, 9.17) is 29.6 Å². The van der Waals surface area contributed by atoms with Gasteiger partial charge in [-0.1, -0.05) is 30.7 Å². The first-order valence-electron chi connectivity index (χ1n) is 5.79. The number of rotatable bonds is 4. The van der Waals surface area contributed by atoms with Crippen LogP contribution in [0.3, 0.4) is 0 Å². The molecule has 0 saturated heterocycles. The second kappa shape index (κ2) is 4.83. The van der Waals surface area contributed by atoms with Crippen LogP contribution in [0.25, 0.3) is 0 Å². The maximum atomic E-state index is 6.25. The molecule has 1 aromatic rings. The van der Waals surface area contributed by atoms with Crippen LogP contribution in [-0.2, 0) is 0 Å². The van der Waals surface area contributed by atoms with Crippen molar-refractivity contribution in [2.45, 2.75) is 13.3 Å². The van der Waals surface area contributed by atoms with Crippen LogP contribution in [0.15, 0.2) is 18.2 Å². The Hall–Kier alpha value is -0.800. The Labute approximate surface area is 113 Å². The average molecular weight is 269 g/mol. The predicted octanol–water partition coefficient (Wildman–Crippen LogP) is 3.07. The fourth-order valence-electron chi connectivity index (χ4n) is 2.07. The minimum atomic E-state index is 0.386. The molecule has 0 amide bonds. The number of nitrogens with two attached hydrogens (primary N) is 1. The van der Waals surface area contributed by atoms with Crippen LogP contribution in [0.4, 0.5) is 5.69 Å². The van der Waals surface area contributed by atoms with Gasteiger partial charge in [-0.2, -0.15) is 0 Å². The molecule has 0 aromatic heterocycles. The maximum Gasteiger partial charge on any atom is 0.104 e. The number of hydrogen-bond donors (Lipinski definition) is 1. The molecule has 2 unspecified atom stereocenters. The fourth-order valence-corrected chi connectivity index (χ4v) is 2.53. The molecule has 2 rings (SSSR count). The highest BCUT2D eigenvalue weighted by atomic mass is 35.5. The van der Waals surface area contributed by atoms with Gasteiger partial charge < -0.3 is 10.6 Å². The van der Waals surface area contributed by atoms with Crippen molar-refractivity contribution < 1.29 is 0 Å². The zero-order valence-corrected chi connectivity index (χ0v) is 11.7. The Balaban J connectivity index is 2.12. The molecule has 2 atom stereocenters. The molecular formula is C13H17ClN2S. The molecule has 92 valence electrons. The molecule has 4 heteroatoms. The standard InChI is InChI=1S/C13H17ClN2S/c1-8-5-10(8)7-16(2)12-4-3-9(13(15)17)6-11(12)14/h3-4,6,8,10H,5,7H2,1-2H3,(H2,15,17). The van der Waals surface area contributed by atoms with Gasteiger partial charge in [-0.25, -0.2) is 0 Å². The number of benzene rings is 1. The summed E-state index contributed by atoms with van der Waals surface area (Å²) in [5, 5.41) is 0.714. The lowest BCUT2D eigenvalue weighted by molar-refractivity contribution is 0.725. The first kappa shape index (κ1) is 12.7. The van der Waals surface area contributed by atoms with E-state index in [-0.39, 0.29) is 0 Å². The predicted molar refractivity (Wildman–Crippen MR) is 77.9 cm³/mol. The van der Waals surface area contributed by atoms with Crippen LogP contribution in [0.1, 0.15) is 18.9 Å². The van der Waals surface area contributed by atoms with Crippen molar-refractivity contribution in [3.05, 3.63) is 28.8 Å². The van der Waals surface area contributed by atoms with Gasteiger partial charge in [-0.15, -0.1) is 0 Å². The Morgan fingerprint density at radius 3 is 2.71 bits per heavy atom. The Kier molecular flexibility index (Phi) is 3.59. The van der Waals surface area contributed by atoms with E-state index in [1.54, 1.807) is 0 Å². The highest BCUT2D eigenvalue weighted by molar-refractivity contribution is 7.80. The van der Waals surface area contributed by atoms with Gasteiger partial charge in [0, 0.05) is 19.2 Å². The average Bonchev–Trinajstić information content (AvgIpc) is 2.93. The molecule has 17 heavy (non-hydrogen) atoms. The van der Waals surface area contributed by atoms with Crippen molar-refractivity contribution in [1.82, 2.24) is 0 Å². The molecule has 1 fully saturated rings. The topological polar surface area (TPSA) is 29.3 Å². The minimum absolute atomic E-state index is 0.386. The van der Waals surface area contributed by atoms with E-state index in [1.165, 1.54) is 6.42 Å². The van der Waals surface area contributed by atoms with Crippen LogP contribution in [0.5, 0.6) is 0 Å². The van der Waals surface area contributed by atoms with Crippen molar-refractivity contribution in [1.29, 1.82) is 0 Å². The largest absolute Gasteiger partial charge is 0.389 e. The SMILES string of the molecule is CC1CC1CN(C)c1ccc(C(N)=S)cc1Cl. The molecule has 0 bridgehead atoms. The summed E-state index contributed by atoms with van der Waals surface area (Å²) >= 11 is 11.2. The Morgan fingerprint density at radius 1 is 1.59 bits per heavy atom. The summed E-state index contributed by atoms with van der Waals surface area (Å²) in [7, 11) is 2.08. The molecular weight excluding hydrogens is 252 g/mol. The molecule has 1 aromatic carbocycles. The third-order valence-corrected chi connectivity index (χ3v) is 3.97. The van der Waals surface area contributed by atoms with Crippen LogP contribution >= 0.6 is 23.8 Å². The van der Waals surface area contributed by atoms with E-state index in [0.717, 1.165) is 29.6 Å². The third kappa shape index (κ3) is 2.90. The number of hydrogen-bond acceptors (Lipinski definition) is 2. The lowest BCUT2D eigenvalue weighted by Crippen LogP contribution is -2.21. The quantitative estimate of drug-likeness (QED) is 0.851. The van der Waals surface area contributed by atoms with E-state index in [9.17, 15) is 0 Å². The lowest BCUT2D eigenvalue weighted by Gasteiger charge is -2.21. The maximum absolute atomic E-state index is 6.25. The molecule has 1 aliphatic carbocycles. The molecule has 0 spiro atoms. The van der Waals surface area contributed by atoms with E-state index < -0.39 is 0 Å². The normalized spacial score (nSPS) is 22.3. The zero-order valence-electron chi connectivity index (χ0n) is 10.1. The molecule has 0 aliphatic heterocycles. The number of nitrogens with zero attached hydrogens (tertiary/aromatic N) is 1. The Morgan fingerprint density at radius 2 is 2.24 bits per heavy atom. The summed E-state index contributed by atoms with van der Waals surface area (Å²) in [4.78, 5) is 2.59.